The highest BCUT2D eigenvalue weighted by molar-refractivity contribution is 6.30. The second kappa shape index (κ2) is 5.01. The standard InChI is InChI=1S/C16H18ClNO/c1-11(17)16(19)18-14-7-8-15(18)10-13(9-14)12-5-3-2-4-6-12/h2-6,9,11,14-15H,7-8,10H2,1H3. The zero-order chi connectivity index (χ0) is 13.4. The molecule has 0 radical (unpaired) electrons. The van der Waals surface area contributed by atoms with Gasteiger partial charge in [0, 0.05) is 6.04 Å². The van der Waals surface area contributed by atoms with Crippen LogP contribution >= 0.6 is 11.6 Å². The first-order chi connectivity index (χ1) is 9.16. The number of rotatable bonds is 2. The molecule has 1 saturated heterocycles. The number of amides is 1. The van der Waals surface area contributed by atoms with Gasteiger partial charge in [0.15, 0.2) is 0 Å². The highest BCUT2D eigenvalue weighted by Crippen LogP contribution is 2.39. The summed E-state index contributed by atoms with van der Waals surface area (Å²) in [5.74, 6) is 0.0810. The summed E-state index contributed by atoms with van der Waals surface area (Å²) >= 11 is 5.96. The largest absolute Gasteiger partial charge is 0.332 e. The van der Waals surface area contributed by atoms with Gasteiger partial charge < -0.3 is 4.90 Å². The van der Waals surface area contributed by atoms with Crippen molar-refractivity contribution in [1.82, 2.24) is 4.90 Å². The van der Waals surface area contributed by atoms with Gasteiger partial charge in [-0.15, -0.1) is 11.6 Å². The lowest BCUT2D eigenvalue weighted by atomic mass is 9.94. The van der Waals surface area contributed by atoms with Gasteiger partial charge in [0.25, 0.3) is 0 Å². The van der Waals surface area contributed by atoms with E-state index in [-0.39, 0.29) is 11.9 Å². The molecule has 1 aromatic carbocycles. The van der Waals surface area contributed by atoms with Crippen LogP contribution in [0.3, 0.4) is 0 Å². The summed E-state index contributed by atoms with van der Waals surface area (Å²) in [6.07, 6.45) is 5.37. The predicted octanol–water partition coefficient (Wildman–Crippen LogP) is 3.46. The third-order valence-electron chi connectivity index (χ3n) is 4.13. The Hall–Kier alpha value is -1.28. The van der Waals surface area contributed by atoms with E-state index in [1.165, 1.54) is 11.1 Å². The van der Waals surface area contributed by atoms with Crippen LogP contribution in [-0.4, -0.2) is 28.3 Å². The molecule has 3 heteroatoms. The van der Waals surface area contributed by atoms with E-state index >= 15 is 0 Å². The molecule has 2 aliphatic rings. The molecule has 19 heavy (non-hydrogen) atoms. The molecule has 0 spiro atoms. The van der Waals surface area contributed by atoms with Crippen LogP contribution in [0.15, 0.2) is 36.4 Å². The fourth-order valence-electron chi connectivity index (χ4n) is 3.25. The number of nitrogens with zero attached hydrogens (tertiary/aromatic N) is 1. The lowest BCUT2D eigenvalue weighted by Crippen LogP contribution is -2.45. The van der Waals surface area contributed by atoms with Gasteiger partial charge in [0.1, 0.15) is 5.38 Å². The predicted molar refractivity (Wildman–Crippen MR) is 78.0 cm³/mol. The maximum absolute atomic E-state index is 12.2. The van der Waals surface area contributed by atoms with E-state index in [4.69, 9.17) is 11.6 Å². The number of hydrogen-bond donors (Lipinski definition) is 0. The van der Waals surface area contributed by atoms with Gasteiger partial charge in [0.05, 0.1) is 6.04 Å². The molecule has 0 N–H and O–H groups in total. The highest BCUT2D eigenvalue weighted by atomic mass is 35.5. The zero-order valence-corrected chi connectivity index (χ0v) is 11.8. The Kier molecular flexibility index (Phi) is 3.36. The smallest absolute Gasteiger partial charge is 0.241 e. The molecule has 0 aliphatic carbocycles. The number of carbonyl (C=O) groups is 1. The van der Waals surface area contributed by atoms with Crippen molar-refractivity contribution in [3.05, 3.63) is 42.0 Å². The van der Waals surface area contributed by atoms with Crippen LogP contribution in [0.4, 0.5) is 0 Å². The lowest BCUT2D eigenvalue weighted by Gasteiger charge is -2.35. The van der Waals surface area contributed by atoms with Crippen molar-refractivity contribution in [2.75, 3.05) is 0 Å². The normalized spacial score (nSPS) is 27.1. The molecule has 1 fully saturated rings. The maximum Gasteiger partial charge on any atom is 0.241 e. The minimum atomic E-state index is -0.422. The molecule has 2 bridgehead atoms. The molecule has 3 atom stereocenters. The second-order valence-corrected chi connectivity index (χ2v) is 6.08. The van der Waals surface area contributed by atoms with E-state index in [1.54, 1.807) is 6.92 Å². The zero-order valence-electron chi connectivity index (χ0n) is 11.1. The summed E-state index contributed by atoms with van der Waals surface area (Å²) in [4.78, 5) is 14.2. The Balaban J connectivity index is 1.87. The third-order valence-corrected chi connectivity index (χ3v) is 4.32. The number of hydrogen-bond acceptors (Lipinski definition) is 1. The van der Waals surface area contributed by atoms with Crippen molar-refractivity contribution in [1.29, 1.82) is 0 Å². The van der Waals surface area contributed by atoms with Crippen LogP contribution in [0.1, 0.15) is 31.7 Å². The van der Waals surface area contributed by atoms with Gasteiger partial charge in [-0.2, -0.15) is 0 Å². The molecular formula is C16H18ClNO. The molecule has 1 amide bonds. The highest BCUT2D eigenvalue weighted by Gasteiger charge is 2.40. The van der Waals surface area contributed by atoms with Crippen molar-refractivity contribution in [3.8, 4) is 0 Å². The molecule has 2 heterocycles. The fraction of sp³-hybridized carbons (Fsp3) is 0.438. The molecule has 100 valence electrons. The molecular weight excluding hydrogens is 258 g/mol. The SMILES string of the molecule is CC(Cl)C(=O)N1C2C=C(c3ccccc3)CC1CC2. The van der Waals surface area contributed by atoms with E-state index in [1.807, 2.05) is 11.0 Å². The summed E-state index contributed by atoms with van der Waals surface area (Å²) in [7, 11) is 0. The topological polar surface area (TPSA) is 20.3 Å². The van der Waals surface area contributed by atoms with Crippen molar-refractivity contribution >= 4 is 23.1 Å². The Bertz CT molecular complexity index is 509. The Morgan fingerprint density at radius 3 is 2.68 bits per heavy atom. The first-order valence-electron chi connectivity index (χ1n) is 6.89. The molecule has 0 saturated carbocycles. The molecule has 3 unspecified atom stereocenters. The van der Waals surface area contributed by atoms with E-state index < -0.39 is 5.38 Å². The summed E-state index contributed by atoms with van der Waals surface area (Å²) in [5, 5.41) is -0.422. The third kappa shape index (κ3) is 2.30. The van der Waals surface area contributed by atoms with Gasteiger partial charge in [-0.1, -0.05) is 36.4 Å². The van der Waals surface area contributed by atoms with Crippen LogP contribution in [0, 0.1) is 0 Å². The van der Waals surface area contributed by atoms with Crippen LogP contribution in [0.25, 0.3) is 5.57 Å². The average Bonchev–Trinajstić information content (AvgIpc) is 2.68. The number of alkyl halides is 1. The van der Waals surface area contributed by atoms with Crippen molar-refractivity contribution in [3.63, 3.8) is 0 Å². The summed E-state index contributed by atoms with van der Waals surface area (Å²) in [6.45, 7) is 1.76. The summed E-state index contributed by atoms with van der Waals surface area (Å²) < 4.78 is 0. The minimum absolute atomic E-state index is 0.0810. The van der Waals surface area contributed by atoms with Gasteiger partial charge >= 0.3 is 0 Å². The van der Waals surface area contributed by atoms with Crippen LogP contribution in [0.2, 0.25) is 0 Å². The molecule has 3 rings (SSSR count). The number of fused-ring (bicyclic) bond motifs is 2. The van der Waals surface area contributed by atoms with Crippen LogP contribution in [-0.2, 0) is 4.79 Å². The maximum atomic E-state index is 12.2. The van der Waals surface area contributed by atoms with E-state index in [0.717, 1.165) is 19.3 Å². The molecule has 2 aliphatic heterocycles. The lowest BCUT2D eigenvalue weighted by molar-refractivity contribution is -0.132. The van der Waals surface area contributed by atoms with E-state index in [9.17, 15) is 4.79 Å². The monoisotopic (exact) mass is 275 g/mol. The Morgan fingerprint density at radius 1 is 1.32 bits per heavy atom. The first-order valence-corrected chi connectivity index (χ1v) is 7.33. The van der Waals surface area contributed by atoms with Gasteiger partial charge in [-0.05, 0) is 37.3 Å². The average molecular weight is 276 g/mol. The number of halogens is 1. The molecule has 0 aromatic heterocycles. The van der Waals surface area contributed by atoms with Crippen LogP contribution < -0.4 is 0 Å². The molecule has 2 nitrogen and oxygen atoms in total. The summed E-state index contributed by atoms with van der Waals surface area (Å²) in [6, 6.07) is 11.0. The Morgan fingerprint density at radius 2 is 2.05 bits per heavy atom. The quantitative estimate of drug-likeness (QED) is 0.757. The summed E-state index contributed by atoms with van der Waals surface area (Å²) in [5.41, 5.74) is 2.66. The van der Waals surface area contributed by atoms with Crippen molar-refractivity contribution in [2.45, 2.75) is 43.6 Å². The van der Waals surface area contributed by atoms with Gasteiger partial charge in [-0.3, -0.25) is 4.79 Å². The second-order valence-electron chi connectivity index (χ2n) is 5.42. The Labute approximate surface area is 119 Å². The fourth-order valence-corrected chi connectivity index (χ4v) is 3.36. The number of carbonyl (C=O) groups excluding carboxylic acids is 1. The first kappa shape index (κ1) is 12.7. The van der Waals surface area contributed by atoms with Crippen molar-refractivity contribution in [2.24, 2.45) is 0 Å². The van der Waals surface area contributed by atoms with E-state index in [0.29, 0.717) is 6.04 Å². The minimum Gasteiger partial charge on any atom is -0.332 e. The molecule has 1 aromatic rings. The van der Waals surface area contributed by atoms with Gasteiger partial charge in [-0.25, -0.2) is 0 Å². The van der Waals surface area contributed by atoms with Crippen molar-refractivity contribution < 1.29 is 4.79 Å². The number of benzene rings is 1. The van der Waals surface area contributed by atoms with Gasteiger partial charge in [0.2, 0.25) is 5.91 Å². The van der Waals surface area contributed by atoms with Crippen LogP contribution in [0.5, 0.6) is 0 Å². The van der Waals surface area contributed by atoms with E-state index in [2.05, 4.69) is 30.3 Å².